The van der Waals surface area contributed by atoms with Crippen LogP contribution in [0.15, 0.2) is 46.5 Å². The highest BCUT2D eigenvalue weighted by Crippen LogP contribution is 2.29. The van der Waals surface area contributed by atoms with Crippen LogP contribution in [0.4, 0.5) is 0 Å². The van der Waals surface area contributed by atoms with Crippen LogP contribution in [0.25, 0.3) is 0 Å². The highest BCUT2D eigenvalue weighted by Gasteiger charge is 2.24. The first-order valence-corrected chi connectivity index (χ1v) is 11.8. The first-order valence-electron chi connectivity index (χ1n) is 9.41. The Hall–Kier alpha value is -1.94. The fourth-order valence-electron chi connectivity index (χ4n) is 2.88. The lowest BCUT2D eigenvalue weighted by Crippen LogP contribution is -2.43. The van der Waals surface area contributed by atoms with Crippen molar-refractivity contribution in [3.63, 3.8) is 0 Å². The molecule has 2 aromatic rings. The van der Waals surface area contributed by atoms with Crippen LogP contribution in [-0.2, 0) is 14.8 Å². The third-order valence-electron chi connectivity index (χ3n) is 4.72. The summed E-state index contributed by atoms with van der Waals surface area (Å²) >= 11 is 1.41. The number of aromatic nitrogens is 1. The maximum absolute atomic E-state index is 12.6. The zero-order chi connectivity index (χ0) is 20.9. The number of benzene rings is 1. The number of morpholine rings is 1. The van der Waals surface area contributed by atoms with Crippen LogP contribution in [0, 0.1) is 13.8 Å². The van der Waals surface area contributed by atoms with Gasteiger partial charge in [-0.3, -0.25) is 4.79 Å². The molecular weight excluding hydrogens is 410 g/mol. The van der Waals surface area contributed by atoms with Crippen molar-refractivity contribution >= 4 is 27.7 Å². The zero-order valence-corrected chi connectivity index (χ0v) is 18.2. The van der Waals surface area contributed by atoms with E-state index in [4.69, 9.17) is 4.74 Å². The standard InChI is InChI=1S/C20H25N3O4S2/c1-15-5-6-17(14-16(15)2)28-20-18(4-3-7-22-20)19(24)21-8-13-29(25,26)23-9-11-27-12-10-23/h3-7,14H,8-13H2,1-2H3,(H,21,24). The smallest absolute Gasteiger partial charge is 0.254 e. The van der Waals surface area contributed by atoms with Gasteiger partial charge in [0.15, 0.2) is 0 Å². The lowest BCUT2D eigenvalue weighted by molar-refractivity contribution is 0.0730. The number of hydrogen-bond acceptors (Lipinski definition) is 6. The van der Waals surface area contributed by atoms with Gasteiger partial charge in [-0.2, -0.15) is 4.31 Å². The van der Waals surface area contributed by atoms with E-state index < -0.39 is 10.0 Å². The molecule has 1 aliphatic heterocycles. The Bertz CT molecular complexity index is 973. The Balaban J connectivity index is 1.63. The molecule has 0 aliphatic carbocycles. The first kappa shape index (κ1) is 21.8. The van der Waals surface area contributed by atoms with Gasteiger partial charge in [0.05, 0.1) is 24.5 Å². The van der Waals surface area contributed by atoms with Crippen LogP contribution in [0.3, 0.4) is 0 Å². The summed E-state index contributed by atoms with van der Waals surface area (Å²) < 4.78 is 31.3. The topological polar surface area (TPSA) is 88.6 Å². The summed E-state index contributed by atoms with van der Waals surface area (Å²) in [4.78, 5) is 18.0. The van der Waals surface area contributed by atoms with Crippen molar-refractivity contribution in [2.45, 2.75) is 23.8 Å². The van der Waals surface area contributed by atoms with Gasteiger partial charge in [0.1, 0.15) is 5.03 Å². The molecule has 0 spiro atoms. The molecule has 0 unspecified atom stereocenters. The Morgan fingerprint density at radius 1 is 1.21 bits per heavy atom. The number of hydrogen-bond donors (Lipinski definition) is 1. The van der Waals surface area contributed by atoms with Crippen LogP contribution < -0.4 is 5.32 Å². The molecule has 1 aliphatic rings. The van der Waals surface area contributed by atoms with Gasteiger partial charge in [-0.25, -0.2) is 13.4 Å². The van der Waals surface area contributed by atoms with Crippen molar-refractivity contribution in [1.29, 1.82) is 0 Å². The lowest BCUT2D eigenvalue weighted by atomic mass is 10.1. The van der Waals surface area contributed by atoms with Gasteiger partial charge in [0.25, 0.3) is 5.91 Å². The molecule has 1 amide bonds. The first-order chi connectivity index (χ1) is 13.9. The van der Waals surface area contributed by atoms with E-state index in [1.165, 1.54) is 27.2 Å². The van der Waals surface area contributed by atoms with Gasteiger partial charge in [-0.15, -0.1) is 0 Å². The molecule has 0 bridgehead atoms. The van der Waals surface area contributed by atoms with E-state index in [9.17, 15) is 13.2 Å². The molecule has 1 saturated heterocycles. The molecule has 9 heteroatoms. The molecule has 1 aromatic carbocycles. The van der Waals surface area contributed by atoms with Gasteiger partial charge in [-0.05, 0) is 49.2 Å². The minimum absolute atomic E-state index is 0.0428. The maximum Gasteiger partial charge on any atom is 0.254 e. The van der Waals surface area contributed by atoms with Crippen LogP contribution in [0.1, 0.15) is 21.5 Å². The Morgan fingerprint density at radius 3 is 2.69 bits per heavy atom. The molecule has 0 saturated carbocycles. The predicted octanol–water partition coefficient (Wildman–Crippen LogP) is 2.24. The molecule has 2 heterocycles. The summed E-state index contributed by atoms with van der Waals surface area (Å²) in [6.07, 6.45) is 1.64. The molecule has 0 atom stereocenters. The second-order valence-electron chi connectivity index (χ2n) is 6.79. The van der Waals surface area contributed by atoms with Crippen molar-refractivity contribution in [3.8, 4) is 0 Å². The molecule has 3 rings (SSSR count). The average Bonchev–Trinajstić information content (AvgIpc) is 2.71. The van der Waals surface area contributed by atoms with E-state index in [1.807, 2.05) is 26.0 Å². The van der Waals surface area contributed by atoms with Gasteiger partial charge in [0, 0.05) is 30.7 Å². The number of carbonyl (C=O) groups excluding carboxylic acids is 1. The second kappa shape index (κ2) is 9.71. The summed E-state index contributed by atoms with van der Waals surface area (Å²) in [6.45, 7) is 5.65. The molecule has 1 N–H and O–H groups in total. The average molecular weight is 436 g/mol. The summed E-state index contributed by atoms with van der Waals surface area (Å²) in [6, 6.07) is 9.49. The fourth-order valence-corrected chi connectivity index (χ4v) is 5.18. The summed E-state index contributed by atoms with van der Waals surface area (Å²) in [7, 11) is -3.41. The Morgan fingerprint density at radius 2 is 1.97 bits per heavy atom. The normalized spacial score (nSPS) is 15.2. The summed E-state index contributed by atoms with van der Waals surface area (Å²) in [5.41, 5.74) is 2.81. The molecule has 1 fully saturated rings. The van der Waals surface area contributed by atoms with Crippen LogP contribution in [0.2, 0.25) is 0 Å². The van der Waals surface area contributed by atoms with E-state index in [2.05, 4.69) is 16.4 Å². The number of pyridine rings is 1. The van der Waals surface area contributed by atoms with Crippen molar-refractivity contribution in [1.82, 2.24) is 14.6 Å². The van der Waals surface area contributed by atoms with Crippen molar-refractivity contribution < 1.29 is 17.9 Å². The third-order valence-corrected chi connectivity index (χ3v) is 7.60. The van der Waals surface area contributed by atoms with Crippen molar-refractivity contribution in [2.24, 2.45) is 0 Å². The van der Waals surface area contributed by atoms with Gasteiger partial charge < -0.3 is 10.1 Å². The molecule has 1 aromatic heterocycles. The Kier molecular flexibility index (Phi) is 7.28. The van der Waals surface area contributed by atoms with E-state index in [0.29, 0.717) is 36.9 Å². The summed E-state index contributed by atoms with van der Waals surface area (Å²) in [5, 5.41) is 3.30. The largest absolute Gasteiger partial charge is 0.379 e. The van der Waals surface area contributed by atoms with Crippen LogP contribution in [0.5, 0.6) is 0 Å². The summed E-state index contributed by atoms with van der Waals surface area (Å²) in [5.74, 6) is -0.472. The fraction of sp³-hybridized carbons (Fsp3) is 0.400. The number of carbonyl (C=O) groups is 1. The van der Waals surface area contributed by atoms with E-state index in [0.717, 1.165) is 4.90 Å². The minimum atomic E-state index is -3.41. The molecule has 156 valence electrons. The van der Waals surface area contributed by atoms with Crippen LogP contribution >= 0.6 is 11.8 Å². The molecule has 7 nitrogen and oxygen atoms in total. The second-order valence-corrected chi connectivity index (χ2v) is 9.94. The van der Waals surface area contributed by atoms with Crippen molar-refractivity contribution in [2.75, 3.05) is 38.6 Å². The van der Waals surface area contributed by atoms with Gasteiger partial charge in [0.2, 0.25) is 10.0 Å². The number of nitrogens with zero attached hydrogens (tertiary/aromatic N) is 2. The van der Waals surface area contributed by atoms with Gasteiger partial charge >= 0.3 is 0 Å². The number of amides is 1. The SMILES string of the molecule is Cc1ccc(Sc2ncccc2C(=O)NCCS(=O)(=O)N2CCOCC2)cc1C. The minimum Gasteiger partial charge on any atom is -0.379 e. The Labute approximate surface area is 175 Å². The van der Waals surface area contributed by atoms with Crippen molar-refractivity contribution in [3.05, 3.63) is 53.2 Å². The monoisotopic (exact) mass is 435 g/mol. The van der Waals surface area contributed by atoms with E-state index >= 15 is 0 Å². The zero-order valence-electron chi connectivity index (χ0n) is 16.6. The third kappa shape index (κ3) is 5.79. The number of aryl methyl sites for hydroxylation is 2. The molecule has 0 radical (unpaired) electrons. The predicted molar refractivity (Wildman–Crippen MR) is 113 cm³/mol. The number of nitrogens with one attached hydrogen (secondary N) is 1. The highest BCUT2D eigenvalue weighted by molar-refractivity contribution is 7.99. The van der Waals surface area contributed by atoms with E-state index in [1.54, 1.807) is 18.3 Å². The molecule has 29 heavy (non-hydrogen) atoms. The number of rotatable bonds is 7. The highest BCUT2D eigenvalue weighted by atomic mass is 32.2. The van der Waals surface area contributed by atoms with E-state index in [-0.39, 0.29) is 18.2 Å². The number of ether oxygens (including phenoxy) is 1. The van der Waals surface area contributed by atoms with Crippen LogP contribution in [-0.4, -0.2) is 62.2 Å². The molecular formula is C20H25N3O4S2. The maximum atomic E-state index is 12.6. The van der Waals surface area contributed by atoms with Gasteiger partial charge in [-0.1, -0.05) is 17.8 Å². The number of sulfonamides is 1. The lowest BCUT2D eigenvalue weighted by Gasteiger charge is -2.26. The quantitative estimate of drug-likeness (QED) is 0.718.